The van der Waals surface area contributed by atoms with E-state index in [1.54, 1.807) is 11.0 Å². The number of carbonyl (C=O) groups is 3. The van der Waals surface area contributed by atoms with E-state index in [1.165, 1.54) is 13.8 Å². The summed E-state index contributed by atoms with van der Waals surface area (Å²) in [6.07, 6.45) is 3.62. The van der Waals surface area contributed by atoms with Crippen LogP contribution < -0.4 is 4.74 Å². The molecule has 2 aromatic carbocycles. The first-order chi connectivity index (χ1) is 17.7. The highest BCUT2D eigenvalue weighted by Crippen LogP contribution is 2.51. The molecule has 7 nitrogen and oxygen atoms in total. The van der Waals surface area contributed by atoms with Crippen LogP contribution >= 0.6 is 0 Å². The number of nitrogens with zero attached hydrogens (tertiary/aromatic N) is 2. The smallest absolute Gasteiger partial charge is 0.308 e. The van der Waals surface area contributed by atoms with Gasteiger partial charge in [-0.2, -0.15) is 0 Å². The molecule has 1 unspecified atom stereocenters. The Morgan fingerprint density at radius 1 is 1.11 bits per heavy atom. The Kier molecular flexibility index (Phi) is 8.13. The summed E-state index contributed by atoms with van der Waals surface area (Å²) in [6, 6.07) is 16.8. The summed E-state index contributed by atoms with van der Waals surface area (Å²) in [5.41, 5.74) is 1.29. The highest BCUT2D eigenvalue weighted by atomic mass is 16.5. The highest BCUT2D eigenvalue weighted by Gasteiger charge is 2.54. The third kappa shape index (κ3) is 5.77. The van der Waals surface area contributed by atoms with E-state index < -0.39 is 0 Å². The molecule has 4 atom stereocenters. The van der Waals surface area contributed by atoms with Crippen LogP contribution in [0.25, 0.3) is 0 Å². The standard InChI is InChI=1S/C30H36N2O5/c1-5-15-32-16-14-30(24-12-9-13-26(17-24)36-21(2)33)19-25(18-28(27(30)20-32)37-22(3)34)31(4)29(35)23-10-7-6-8-11-23/h5-13,17,25,27-28H,1,14-16,18-20H2,2-4H3/t25-,27+,28?,30+/m1/s1. The van der Waals surface area contributed by atoms with Crippen LogP contribution in [0.5, 0.6) is 5.75 Å². The Bertz CT molecular complexity index is 1150. The summed E-state index contributed by atoms with van der Waals surface area (Å²) >= 11 is 0. The van der Waals surface area contributed by atoms with Crippen LogP contribution in [0.1, 0.15) is 49.0 Å². The molecule has 2 aromatic rings. The molecule has 2 aliphatic rings. The molecule has 7 heteroatoms. The van der Waals surface area contributed by atoms with Gasteiger partial charge in [-0.25, -0.2) is 0 Å². The number of likely N-dealkylation sites (tertiary alicyclic amines) is 1. The van der Waals surface area contributed by atoms with Gasteiger partial charge in [0.2, 0.25) is 0 Å². The van der Waals surface area contributed by atoms with E-state index >= 15 is 0 Å². The lowest BCUT2D eigenvalue weighted by molar-refractivity contribution is -0.158. The summed E-state index contributed by atoms with van der Waals surface area (Å²) in [4.78, 5) is 41.5. The van der Waals surface area contributed by atoms with Crippen molar-refractivity contribution in [3.8, 4) is 5.75 Å². The molecule has 1 amide bonds. The van der Waals surface area contributed by atoms with Crippen LogP contribution in [0.3, 0.4) is 0 Å². The molecule has 0 N–H and O–H groups in total. The Morgan fingerprint density at radius 2 is 1.86 bits per heavy atom. The van der Waals surface area contributed by atoms with Crippen LogP contribution in [-0.4, -0.2) is 66.5 Å². The Balaban J connectivity index is 1.76. The quantitative estimate of drug-likeness (QED) is 0.319. The molecule has 37 heavy (non-hydrogen) atoms. The first kappa shape index (κ1) is 26.6. The van der Waals surface area contributed by atoms with Crippen molar-refractivity contribution in [2.24, 2.45) is 5.92 Å². The first-order valence-corrected chi connectivity index (χ1v) is 12.8. The van der Waals surface area contributed by atoms with E-state index in [0.29, 0.717) is 17.7 Å². The van der Waals surface area contributed by atoms with Gasteiger partial charge in [-0.1, -0.05) is 36.4 Å². The lowest BCUT2D eigenvalue weighted by atomic mass is 9.56. The molecule has 0 aromatic heterocycles. The van der Waals surface area contributed by atoms with Crippen LogP contribution in [0, 0.1) is 5.92 Å². The topological polar surface area (TPSA) is 76.2 Å². The second-order valence-corrected chi connectivity index (χ2v) is 10.2. The largest absolute Gasteiger partial charge is 0.462 e. The number of amides is 1. The molecule has 0 spiro atoms. The number of piperidine rings is 1. The van der Waals surface area contributed by atoms with Gasteiger partial charge in [0, 0.05) is 63.3 Å². The molecule has 1 heterocycles. The molecule has 4 rings (SSSR count). The number of carbonyl (C=O) groups excluding carboxylic acids is 3. The first-order valence-electron chi connectivity index (χ1n) is 12.8. The summed E-state index contributed by atoms with van der Waals surface area (Å²) < 4.78 is 11.4. The van der Waals surface area contributed by atoms with Crippen LogP contribution in [-0.2, 0) is 19.7 Å². The molecule has 196 valence electrons. The zero-order chi connectivity index (χ0) is 26.6. The number of rotatable bonds is 7. The predicted octanol–water partition coefficient (Wildman–Crippen LogP) is 4.22. The summed E-state index contributed by atoms with van der Waals surface area (Å²) in [6.45, 7) is 9.07. The zero-order valence-corrected chi connectivity index (χ0v) is 21.9. The molecule has 1 aliphatic carbocycles. The van der Waals surface area contributed by atoms with Gasteiger partial charge in [-0.3, -0.25) is 19.3 Å². The summed E-state index contributed by atoms with van der Waals surface area (Å²) in [5, 5.41) is 0. The van der Waals surface area contributed by atoms with Gasteiger partial charge in [0.1, 0.15) is 11.9 Å². The van der Waals surface area contributed by atoms with Crippen molar-refractivity contribution in [1.29, 1.82) is 0 Å². The van der Waals surface area contributed by atoms with Gasteiger partial charge in [0.25, 0.3) is 5.91 Å². The van der Waals surface area contributed by atoms with Gasteiger partial charge < -0.3 is 14.4 Å². The van der Waals surface area contributed by atoms with Crippen molar-refractivity contribution < 1.29 is 23.9 Å². The summed E-state index contributed by atoms with van der Waals surface area (Å²) in [7, 11) is 1.83. The average molecular weight is 505 g/mol. The van der Waals surface area contributed by atoms with Crippen molar-refractivity contribution in [2.45, 2.75) is 50.7 Å². The van der Waals surface area contributed by atoms with Crippen molar-refractivity contribution in [2.75, 3.05) is 26.7 Å². The van der Waals surface area contributed by atoms with Gasteiger partial charge in [0.05, 0.1) is 0 Å². The lowest BCUT2D eigenvalue weighted by Crippen LogP contribution is -2.61. The van der Waals surface area contributed by atoms with E-state index in [9.17, 15) is 14.4 Å². The van der Waals surface area contributed by atoms with Crippen molar-refractivity contribution in [3.05, 3.63) is 78.4 Å². The Hall–Kier alpha value is -3.45. The van der Waals surface area contributed by atoms with E-state index in [0.717, 1.165) is 38.0 Å². The van der Waals surface area contributed by atoms with Crippen molar-refractivity contribution in [3.63, 3.8) is 0 Å². The number of hydrogen-bond donors (Lipinski definition) is 0. The number of hydrogen-bond acceptors (Lipinski definition) is 6. The second kappa shape index (κ2) is 11.3. The maximum absolute atomic E-state index is 13.4. The minimum Gasteiger partial charge on any atom is -0.462 e. The van der Waals surface area contributed by atoms with Crippen LogP contribution in [0.4, 0.5) is 0 Å². The normalized spacial score (nSPS) is 25.4. The molecular formula is C30H36N2O5. The SMILES string of the molecule is C=CCN1CC[C@@]2(c3cccc(OC(C)=O)c3)C[C@H](N(C)C(=O)c3ccccc3)CC(OC(C)=O)[C@@H]2C1. The number of ether oxygens (including phenoxy) is 2. The van der Waals surface area contributed by atoms with Crippen LogP contribution in [0.15, 0.2) is 67.3 Å². The number of benzene rings is 2. The van der Waals surface area contributed by atoms with Gasteiger partial charge >= 0.3 is 11.9 Å². The van der Waals surface area contributed by atoms with Crippen molar-refractivity contribution >= 4 is 17.8 Å². The predicted molar refractivity (Wildman–Crippen MR) is 141 cm³/mol. The molecule has 0 radical (unpaired) electrons. The minimum absolute atomic E-state index is 0.00848. The maximum Gasteiger partial charge on any atom is 0.308 e. The molecular weight excluding hydrogens is 468 g/mol. The van der Waals surface area contributed by atoms with Gasteiger partial charge in [-0.05, 0) is 49.2 Å². The van der Waals surface area contributed by atoms with Crippen molar-refractivity contribution in [1.82, 2.24) is 9.80 Å². The average Bonchev–Trinajstić information content (AvgIpc) is 2.88. The molecule has 2 fully saturated rings. The monoisotopic (exact) mass is 504 g/mol. The molecule has 1 saturated heterocycles. The lowest BCUT2D eigenvalue weighted by Gasteiger charge is -2.56. The minimum atomic E-state index is -0.375. The molecule has 1 saturated carbocycles. The fourth-order valence-electron chi connectivity index (χ4n) is 6.20. The summed E-state index contributed by atoms with van der Waals surface area (Å²) in [5.74, 6) is -0.259. The fourth-order valence-corrected chi connectivity index (χ4v) is 6.20. The highest BCUT2D eigenvalue weighted by molar-refractivity contribution is 5.94. The molecule has 0 bridgehead atoms. The third-order valence-electron chi connectivity index (χ3n) is 7.86. The van der Waals surface area contributed by atoms with Gasteiger partial charge in [-0.15, -0.1) is 6.58 Å². The molecule has 1 aliphatic heterocycles. The van der Waals surface area contributed by atoms with Crippen LogP contribution in [0.2, 0.25) is 0 Å². The number of esters is 2. The van der Waals surface area contributed by atoms with Gasteiger partial charge in [0.15, 0.2) is 0 Å². The van der Waals surface area contributed by atoms with E-state index in [4.69, 9.17) is 9.47 Å². The fraction of sp³-hybridized carbons (Fsp3) is 0.433. The second-order valence-electron chi connectivity index (χ2n) is 10.2. The zero-order valence-electron chi connectivity index (χ0n) is 21.9. The van der Waals surface area contributed by atoms with E-state index in [2.05, 4.69) is 17.5 Å². The van der Waals surface area contributed by atoms with E-state index in [-0.39, 0.29) is 41.3 Å². The number of fused-ring (bicyclic) bond motifs is 1. The maximum atomic E-state index is 13.4. The Labute approximate surface area is 219 Å². The third-order valence-corrected chi connectivity index (χ3v) is 7.86. The van der Waals surface area contributed by atoms with E-state index in [1.807, 2.05) is 55.6 Å². The Morgan fingerprint density at radius 3 is 2.54 bits per heavy atom.